The summed E-state index contributed by atoms with van der Waals surface area (Å²) in [4.78, 5) is 34.7. The summed E-state index contributed by atoms with van der Waals surface area (Å²) in [6.07, 6.45) is 1.52. The molecule has 0 saturated carbocycles. The summed E-state index contributed by atoms with van der Waals surface area (Å²) in [5, 5.41) is 0. The van der Waals surface area contributed by atoms with Crippen LogP contribution in [-0.2, 0) is 9.53 Å². The van der Waals surface area contributed by atoms with Crippen molar-refractivity contribution in [3.8, 4) is 5.75 Å². The van der Waals surface area contributed by atoms with E-state index in [0.717, 1.165) is 6.07 Å². The standard InChI is InChI=1S/C13H11NO5/c1-8(15)19-10-7-11(16)14-6-4-3-5-9(14)12(10)13(17)18-2/h3-7H,1-2H3. The van der Waals surface area contributed by atoms with Crippen LogP contribution in [0.25, 0.3) is 5.52 Å². The van der Waals surface area contributed by atoms with Crippen LogP contribution in [0.4, 0.5) is 0 Å². The lowest BCUT2D eigenvalue weighted by molar-refractivity contribution is -0.131. The van der Waals surface area contributed by atoms with Crippen LogP contribution >= 0.6 is 0 Å². The predicted molar refractivity (Wildman–Crippen MR) is 66.3 cm³/mol. The Hall–Kier alpha value is -2.63. The average Bonchev–Trinajstić information content (AvgIpc) is 2.38. The number of carbonyl (C=O) groups is 2. The maximum absolute atomic E-state index is 11.9. The maximum atomic E-state index is 11.9. The summed E-state index contributed by atoms with van der Waals surface area (Å²) in [6, 6.07) is 5.97. The molecule has 0 radical (unpaired) electrons. The number of nitrogens with zero attached hydrogens (tertiary/aromatic N) is 1. The molecule has 0 atom stereocenters. The molecule has 0 fully saturated rings. The molecule has 2 heterocycles. The molecule has 0 saturated heterocycles. The van der Waals surface area contributed by atoms with Gasteiger partial charge in [0.05, 0.1) is 12.6 Å². The Kier molecular flexibility index (Phi) is 3.33. The molecule has 0 aromatic carbocycles. The van der Waals surface area contributed by atoms with Crippen molar-refractivity contribution in [3.63, 3.8) is 0 Å². The molecular weight excluding hydrogens is 250 g/mol. The molecule has 2 aromatic heterocycles. The van der Waals surface area contributed by atoms with Crippen LogP contribution in [0.2, 0.25) is 0 Å². The van der Waals surface area contributed by atoms with Crippen molar-refractivity contribution in [1.82, 2.24) is 4.40 Å². The van der Waals surface area contributed by atoms with Gasteiger partial charge < -0.3 is 9.47 Å². The molecule has 0 aliphatic heterocycles. The molecule has 0 spiro atoms. The van der Waals surface area contributed by atoms with Gasteiger partial charge in [-0.2, -0.15) is 0 Å². The van der Waals surface area contributed by atoms with Crippen LogP contribution in [0.1, 0.15) is 17.3 Å². The summed E-state index contributed by atoms with van der Waals surface area (Å²) in [5.41, 5.74) is -0.0458. The lowest BCUT2D eigenvalue weighted by Gasteiger charge is -2.10. The van der Waals surface area contributed by atoms with Gasteiger partial charge >= 0.3 is 11.9 Å². The van der Waals surface area contributed by atoms with Gasteiger partial charge in [0.15, 0.2) is 5.75 Å². The molecule has 19 heavy (non-hydrogen) atoms. The zero-order chi connectivity index (χ0) is 14.0. The number of aromatic nitrogens is 1. The van der Waals surface area contributed by atoms with E-state index in [1.54, 1.807) is 18.2 Å². The fourth-order valence-electron chi connectivity index (χ4n) is 1.76. The van der Waals surface area contributed by atoms with E-state index in [1.165, 1.54) is 24.6 Å². The molecule has 0 amide bonds. The third kappa shape index (κ3) is 2.33. The molecule has 6 nitrogen and oxygen atoms in total. The minimum absolute atomic E-state index is 0.0397. The summed E-state index contributed by atoms with van der Waals surface area (Å²) in [5.74, 6) is -1.40. The van der Waals surface area contributed by atoms with E-state index in [0.29, 0.717) is 5.52 Å². The van der Waals surface area contributed by atoms with Crippen molar-refractivity contribution in [3.05, 3.63) is 46.4 Å². The van der Waals surface area contributed by atoms with Crippen molar-refractivity contribution < 1.29 is 19.1 Å². The number of esters is 2. The van der Waals surface area contributed by atoms with Crippen molar-refractivity contribution >= 4 is 17.5 Å². The summed E-state index contributed by atoms with van der Waals surface area (Å²) in [7, 11) is 1.21. The van der Waals surface area contributed by atoms with E-state index >= 15 is 0 Å². The number of hydrogen-bond acceptors (Lipinski definition) is 5. The SMILES string of the molecule is COC(=O)c1c(OC(C)=O)cc(=O)n2ccccc12. The van der Waals surface area contributed by atoms with Crippen LogP contribution in [0.15, 0.2) is 35.3 Å². The third-order valence-electron chi connectivity index (χ3n) is 2.50. The molecule has 0 aliphatic carbocycles. The third-order valence-corrected chi connectivity index (χ3v) is 2.50. The lowest BCUT2D eigenvalue weighted by atomic mass is 10.2. The van der Waals surface area contributed by atoms with Gasteiger partial charge in [0.25, 0.3) is 5.56 Å². The first-order valence-electron chi connectivity index (χ1n) is 5.45. The van der Waals surface area contributed by atoms with E-state index in [9.17, 15) is 14.4 Å². The first kappa shape index (κ1) is 12.8. The Morgan fingerprint density at radius 3 is 2.63 bits per heavy atom. The van der Waals surface area contributed by atoms with Crippen molar-refractivity contribution in [1.29, 1.82) is 0 Å². The van der Waals surface area contributed by atoms with Crippen molar-refractivity contribution in [2.24, 2.45) is 0 Å². The number of pyridine rings is 2. The maximum Gasteiger partial charge on any atom is 0.343 e. The molecule has 98 valence electrons. The predicted octanol–water partition coefficient (Wildman–Crippen LogP) is 1.01. The number of rotatable bonds is 2. The highest BCUT2D eigenvalue weighted by Gasteiger charge is 2.20. The first-order valence-corrected chi connectivity index (χ1v) is 5.45. The van der Waals surface area contributed by atoms with Gasteiger partial charge in [-0.3, -0.25) is 14.0 Å². The molecule has 0 unspecified atom stereocenters. The molecule has 2 rings (SSSR count). The molecule has 2 aromatic rings. The minimum Gasteiger partial charge on any atom is -0.465 e. The second kappa shape index (κ2) is 4.93. The van der Waals surface area contributed by atoms with Gasteiger partial charge in [0, 0.05) is 19.2 Å². The van der Waals surface area contributed by atoms with Crippen molar-refractivity contribution in [2.75, 3.05) is 7.11 Å². The average molecular weight is 261 g/mol. The van der Waals surface area contributed by atoms with Crippen LogP contribution < -0.4 is 10.3 Å². The van der Waals surface area contributed by atoms with E-state index < -0.39 is 17.5 Å². The summed E-state index contributed by atoms with van der Waals surface area (Å²) in [6.45, 7) is 1.19. The topological polar surface area (TPSA) is 74.1 Å². The largest absolute Gasteiger partial charge is 0.465 e. The van der Waals surface area contributed by atoms with Gasteiger partial charge in [-0.25, -0.2) is 4.79 Å². The zero-order valence-electron chi connectivity index (χ0n) is 10.4. The Balaban J connectivity index is 2.84. The first-order chi connectivity index (χ1) is 9.04. The second-order valence-electron chi connectivity index (χ2n) is 3.76. The second-order valence-corrected chi connectivity index (χ2v) is 3.76. The van der Waals surface area contributed by atoms with Crippen LogP contribution in [0.5, 0.6) is 5.75 Å². The van der Waals surface area contributed by atoms with Crippen LogP contribution in [0, 0.1) is 0 Å². The monoisotopic (exact) mass is 261 g/mol. The van der Waals surface area contributed by atoms with Gasteiger partial charge in [-0.1, -0.05) is 6.07 Å². The van der Waals surface area contributed by atoms with E-state index in [2.05, 4.69) is 4.74 Å². The van der Waals surface area contributed by atoms with Gasteiger partial charge in [0.2, 0.25) is 0 Å². The van der Waals surface area contributed by atoms with Crippen LogP contribution in [-0.4, -0.2) is 23.4 Å². The Labute approximate surface area is 108 Å². The smallest absolute Gasteiger partial charge is 0.343 e. The molecule has 0 aliphatic rings. The quantitative estimate of drug-likeness (QED) is 0.754. The number of carbonyl (C=O) groups excluding carboxylic acids is 2. The summed E-state index contributed by atoms with van der Waals surface area (Å²) >= 11 is 0. The number of ether oxygens (including phenoxy) is 2. The fourth-order valence-corrected chi connectivity index (χ4v) is 1.76. The fraction of sp³-hybridized carbons (Fsp3) is 0.154. The van der Waals surface area contributed by atoms with Gasteiger partial charge in [-0.05, 0) is 12.1 Å². The zero-order valence-corrected chi connectivity index (χ0v) is 10.4. The van der Waals surface area contributed by atoms with E-state index in [1.807, 2.05) is 0 Å². The lowest BCUT2D eigenvalue weighted by Crippen LogP contribution is -2.19. The van der Waals surface area contributed by atoms with Crippen LogP contribution in [0.3, 0.4) is 0 Å². The molecular formula is C13H11NO5. The molecule has 0 bridgehead atoms. The van der Waals surface area contributed by atoms with E-state index in [4.69, 9.17) is 4.74 Å². The minimum atomic E-state index is -0.681. The summed E-state index contributed by atoms with van der Waals surface area (Å²) < 4.78 is 10.8. The molecule has 6 heteroatoms. The highest BCUT2D eigenvalue weighted by molar-refractivity contribution is 6.00. The number of fused-ring (bicyclic) bond motifs is 1. The number of hydrogen-bond donors (Lipinski definition) is 0. The molecule has 0 N–H and O–H groups in total. The van der Waals surface area contributed by atoms with Gasteiger partial charge in [-0.15, -0.1) is 0 Å². The Morgan fingerprint density at radius 1 is 1.26 bits per heavy atom. The highest BCUT2D eigenvalue weighted by Crippen LogP contribution is 2.22. The van der Waals surface area contributed by atoms with Gasteiger partial charge in [0.1, 0.15) is 5.56 Å². The highest BCUT2D eigenvalue weighted by atomic mass is 16.5. The Morgan fingerprint density at radius 2 is 2.00 bits per heavy atom. The normalized spacial score (nSPS) is 10.2. The van der Waals surface area contributed by atoms with E-state index in [-0.39, 0.29) is 11.3 Å². The van der Waals surface area contributed by atoms with Crippen molar-refractivity contribution in [2.45, 2.75) is 6.92 Å². The Bertz CT molecular complexity index is 717. The number of methoxy groups -OCH3 is 1.